The number of nitrogens with zero attached hydrogens (tertiary/aromatic N) is 5. The maximum absolute atomic E-state index is 10.5. The second-order valence-electron chi connectivity index (χ2n) is 3.13. The smallest absolute Gasteiger partial charge is 0.305 e. The van der Waals surface area contributed by atoms with Crippen molar-refractivity contribution in [1.29, 1.82) is 0 Å². The zero-order valence-corrected chi connectivity index (χ0v) is 11.1. The molecule has 0 aromatic carbocycles. The summed E-state index contributed by atoms with van der Waals surface area (Å²) in [5, 5.41) is 22.4. The molecule has 0 saturated heterocycles. The molecule has 2 aromatic rings. The molecule has 2 rings (SSSR count). The maximum atomic E-state index is 10.5. The van der Waals surface area contributed by atoms with E-state index in [0.29, 0.717) is 21.2 Å². The molecule has 8 nitrogen and oxygen atoms in total. The van der Waals surface area contributed by atoms with Crippen LogP contribution in [0.1, 0.15) is 0 Å². The van der Waals surface area contributed by atoms with Crippen LogP contribution in [0, 0.1) is 10.1 Å². The molecule has 0 saturated carbocycles. The number of nitrogens with one attached hydrogen (secondary N) is 1. The second-order valence-corrected chi connectivity index (χ2v) is 5.32. The van der Waals surface area contributed by atoms with Crippen LogP contribution < -0.4 is 5.32 Å². The average Bonchev–Trinajstić information content (AvgIpc) is 2.84. The zero-order valence-electron chi connectivity index (χ0n) is 9.52. The maximum Gasteiger partial charge on any atom is 0.305 e. The summed E-state index contributed by atoms with van der Waals surface area (Å²) in [4.78, 5) is 17.7. The van der Waals surface area contributed by atoms with Crippen molar-refractivity contribution < 1.29 is 4.92 Å². The van der Waals surface area contributed by atoms with Gasteiger partial charge in [-0.3, -0.25) is 10.1 Å². The van der Waals surface area contributed by atoms with Gasteiger partial charge in [0.1, 0.15) is 12.4 Å². The van der Waals surface area contributed by atoms with Crippen LogP contribution in [0.15, 0.2) is 34.5 Å². The van der Waals surface area contributed by atoms with Crippen molar-refractivity contribution in [2.45, 2.75) is 9.50 Å². The molecule has 0 aliphatic heterocycles. The van der Waals surface area contributed by atoms with Crippen molar-refractivity contribution in [3.63, 3.8) is 0 Å². The third-order valence-electron chi connectivity index (χ3n) is 1.81. The van der Waals surface area contributed by atoms with Crippen molar-refractivity contribution in [1.82, 2.24) is 20.2 Å². The fourth-order valence-corrected chi connectivity index (χ4v) is 2.58. The molecule has 98 valence electrons. The molecule has 1 N–H and O–H groups in total. The van der Waals surface area contributed by atoms with Gasteiger partial charge in [0.05, 0.1) is 4.92 Å². The highest BCUT2D eigenvalue weighted by molar-refractivity contribution is 8.00. The lowest BCUT2D eigenvalue weighted by atomic mass is 10.6. The van der Waals surface area contributed by atoms with Crippen LogP contribution >= 0.6 is 23.1 Å². The molecule has 19 heavy (non-hydrogen) atoms. The molecule has 0 aliphatic carbocycles. The van der Waals surface area contributed by atoms with E-state index in [1.165, 1.54) is 23.1 Å². The van der Waals surface area contributed by atoms with Crippen LogP contribution in [0.5, 0.6) is 0 Å². The summed E-state index contributed by atoms with van der Waals surface area (Å²) >= 11 is 2.54. The Morgan fingerprint density at radius 3 is 2.84 bits per heavy atom. The molecule has 0 bridgehead atoms. The van der Waals surface area contributed by atoms with Crippen molar-refractivity contribution in [2.75, 3.05) is 11.9 Å². The van der Waals surface area contributed by atoms with Crippen LogP contribution in [0.3, 0.4) is 0 Å². The standard InChI is InChI=1S/C9H8N6O2S2/c1-2-3-10-8-13-14-9(19-8)18-7-11-4-6(5-12-7)15(16)17/h2,4-5H,1,3H2,(H,10,13). The summed E-state index contributed by atoms with van der Waals surface area (Å²) in [7, 11) is 0. The average molecular weight is 296 g/mol. The predicted octanol–water partition coefficient (Wildman–Crippen LogP) is 1.99. The number of hydrogen-bond acceptors (Lipinski definition) is 9. The first kappa shape index (κ1) is 13.4. The minimum absolute atomic E-state index is 0.144. The predicted molar refractivity (Wildman–Crippen MR) is 71.4 cm³/mol. The normalized spacial score (nSPS) is 10.1. The molecule has 2 heterocycles. The summed E-state index contributed by atoms with van der Waals surface area (Å²) in [6.45, 7) is 4.19. The Kier molecular flexibility index (Phi) is 4.36. The van der Waals surface area contributed by atoms with E-state index in [9.17, 15) is 10.1 Å². The molecular formula is C9H8N6O2S2. The van der Waals surface area contributed by atoms with Gasteiger partial charge in [-0.15, -0.1) is 16.8 Å². The van der Waals surface area contributed by atoms with Gasteiger partial charge in [-0.05, 0) is 11.8 Å². The van der Waals surface area contributed by atoms with Gasteiger partial charge >= 0.3 is 5.69 Å². The van der Waals surface area contributed by atoms with Crippen molar-refractivity contribution >= 4 is 33.9 Å². The Bertz CT molecular complexity index is 585. The van der Waals surface area contributed by atoms with E-state index in [0.717, 1.165) is 12.4 Å². The fourth-order valence-electron chi connectivity index (χ4n) is 1.02. The van der Waals surface area contributed by atoms with Gasteiger partial charge in [0.2, 0.25) is 5.13 Å². The van der Waals surface area contributed by atoms with E-state index in [1.54, 1.807) is 6.08 Å². The van der Waals surface area contributed by atoms with E-state index in [-0.39, 0.29) is 5.69 Å². The molecule has 0 amide bonds. The zero-order chi connectivity index (χ0) is 13.7. The summed E-state index contributed by atoms with van der Waals surface area (Å²) < 4.78 is 0.653. The Hall–Kier alpha value is -2.07. The number of rotatable bonds is 6. The fraction of sp³-hybridized carbons (Fsp3) is 0.111. The Morgan fingerprint density at radius 2 is 2.21 bits per heavy atom. The summed E-state index contributed by atoms with van der Waals surface area (Å²) in [5.41, 5.74) is -0.144. The molecule has 2 aromatic heterocycles. The first-order chi connectivity index (χ1) is 9.19. The Morgan fingerprint density at radius 1 is 1.47 bits per heavy atom. The van der Waals surface area contributed by atoms with Gasteiger partial charge in [-0.25, -0.2) is 9.97 Å². The quantitative estimate of drug-likeness (QED) is 0.373. The summed E-state index contributed by atoms with van der Waals surface area (Å²) in [6, 6.07) is 0. The van der Waals surface area contributed by atoms with E-state index in [4.69, 9.17) is 0 Å². The van der Waals surface area contributed by atoms with Gasteiger partial charge in [0.15, 0.2) is 9.50 Å². The van der Waals surface area contributed by atoms with Crippen molar-refractivity contribution in [2.24, 2.45) is 0 Å². The summed E-state index contributed by atoms with van der Waals surface area (Å²) in [5.74, 6) is 0. The highest BCUT2D eigenvalue weighted by Gasteiger charge is 2.10. The number of aromatic nitrogens is 4. The van der Waals surface area contributed by atoms with Gasteiger partial charge in [-0.1, -0.05) is 17.4 Å². The largest absolute Gasteiger partial charge is 0.357 e. The SMILES string of the molecule is C=CCNc1nnc(Sc2ncc([N+](=O)[O-])cn2)s1. The van der Waals surface area contributed by atoms with E-state index in [1.807, 2.05) is 0 Å². The topological polar surface area (TPSA) is 107 Å². The van der Waals surface area contributed by atoms with Crippen LogP contribution in [0.2, 0.25) is 0 Å². The monoisotopic (exact) mass is 296 g/mol. The Labute approximate surface area is 116 Å². The molecule has 0 radical (unpaired) electrons. The van der Waals surface area contributed by atoms with Crippen molar-refractivity contribution in [3.05, 3.63) is 35.2 Å². The van der Waals surface area contributed by atoms with E-state index in [2.05, 4.69) is 32.1 Å². The Balaban J connectivity index is 2.02. The molecule has 0 unspecified atom stereocenters. The third-order valence-corrected chi connectivity index (χ3v) is 3.63. The van der Waals surface area contributed by atoms with Gasteiger partial charge in [0.25, 0.3) is 0 Å². The third kappa shape index (κ3) is 3.69. The number of nitro groups is 1. The highest BCUT2D eigenvalue weighted by atomic mass is 32.2. The molecular weight excluding hydrogens is 288 g/mol. The number of anilines is 1. The minimum atomic E-state index is -0.545. The lowest BCUT2D eigenvalue weighted by Crippen LogP contribution is -1.96. The molecule has 0 atom stereocenters. The molecule has 0 fully saturated rings. The molecule has 0 aliphatic rings. The first-order valence-electron chi connectivity index (χ1n) is 5.01. The summed E-state index contributed by atoms with van der Waals surface area (Å²) in [6.07, 6.45) is 4.04. The van der Waals surface area contributed by atoms with Gasteiger partial charge in [0, 0.05) is 6.54 Å². The van der Waals surface area contributed by atoms with Crippen molar-refractivity contribution in [3.8, 4) is 0 Å². The number of hydrogen-bond donors (Lipinski definition) is 1. The van der Waals surface area contributed by atoms with Crippen LogP contribution in [-0.4, -0.2) is 31.6 Å². The van der Waals surface area contributed by atoms with Gasteiger partial charge in [-0.2, -0.15) is 0 Å². The first-order valence-corrected chi connectivity index (χ1v) is 6.65. The lowest BCUT2D eigenvalue weighted by molar-refractivity contribution is -0.385. The van der Waals surface area contributed by atoms with Gasteiger partial charge < -0.3 is 5.32 Å². The molecule has 0 spiro atoms. The molecule has 10 heteroatoms. The minimum Gasteiger partial charge on any atom is -0.357 e. The van der Waals surface area contributed by atoms with E-state index >= 15 is 0 Å². The van der Waals surface area contributed by atoms with Crippen LogP contribution in [0.25, 0.3) is 0 Å². The second kappa shape index (κ2) is 6.20. The van der Waals surface area contributed by atoms with Crippen LogP contribution in [0.4, 0.5) is 10.8 Å². The lowest BCUT2D eigenvalue weighted by Gasteiger charge is -1.94. The van der Waals surface area contributed by atoms with Crippen LogP contribution in [-0.2, 0) is 0 Å². The van der Waals surface area contributed by atoms with E-state index < -0.39 is 4.92 Å². The highest BCUT2D eigenvalue weighted by Crippen LogP contribution is 2.29.